The zero-order valence-electron chi connectivity index (χ0n) is 10.9. The fourth-order valence-electron chi connectivity index (χ4n) is 1.80. The lowest BCUT2D eigenvalue weighted by Crippen LogP contribution is -2.27. The zero-order valence-corrected chi connectivity index (χ0v) is 12.5. The van der Waals surface area contributed by atoms with Gasteiger partial charge in [-0.3, -0.25) is 0 Å². The lowest BCUT2D eigenvalue weighted by atomic mass is 10.2. The molecule has 0 radical (unpaired) electrons. The van der Waals surface area contributed by atoms with Crippen LogP contribution in [0.25, 0.3) is 0 Å². The minimum Gasteiger partial charge on any atom is -0.207 e. The Balaban J connectivity index is 2.24. The lowest BCUT2D eigenvalue weighted by molar-refractivity contribution is 0.553. The second-order valence-electron chi connectivity index (χ2n) is 4.23. The highest BCUT2D eigenvalue weighted by molar-refractivity contribution is 7.89. The van der Waals surface area contributed by atoms with Crippen LogP contribution in [-0.4, -0.2) is 8.42 Å². The first-order chi connectivity index (χ1) is 9.56. The molecule has 20 heavy (non-hydrogen) atoms. The molecule has 104 valence electrons. The largest absolute Gasteiger partial charge is 0.241 e. The summed E-state index contributed by atoms with van der Waals surface area (Å²) in [5.41, 5.74) is 0.439. The Morgan fingerprint density at radius 3 is 2.50 bits per heavy atom. The molecule has 1 unspecified atom stereocenters. The number of sulfonamides is 1. The van der Waals surface area contributed by atoms with E-state index in [0.29, 0.717) is 12.0 Å². The summed E-state index contributed by atoms with van der Waals surface area (Å²) < 4.78 is 27.3. The molecule has 2 aromatic rings. The summed E-state index contributed by atoms with van der Waals surface area (Å²) in [4.78, 5) is 1.16. The molecule has 0 bridgehead atoms. The second-order valence-corrected chi connectivity index (χ2v) is 6.93. The molecule has 4 nitrogen and oxygen atoms in total. The number of thiophene rings is 1. The zero-order chi connectivity index (χ0) is 14.6. The van der Waals surface area contributed by atoms with Gasteiger partial charge in [0.15, 0.2) is 0 Å². The first-order valence-electron chi connectivity index (χ1n) is 6.12. The third-order valence-corrected chi connectivity index (χ3v) is 5.36. The van der Waals surface area contributed by atoms with Gasteiger partial charge in [-0.05, 0) is 42.1 Å². The van der Waals surface area contributed by atoms with Crippen molar-refractivity contribution in [1.82, 2.24) is 4.72 Å². The first-order valence-corrected chi connectivity index (χ1v) is 8.49. The van der Waals surface area contributed by atoms with Crippen LogP contribution in [0.2, 0.25) is 0 Å². The van der Waals surface area contributed by atoms with E-state index in [1.54, 1.807) is 0 Å². The number of rotatable bonds is 5. The summed E-state index contributed by atoms with van der Waals surface area (Å²) in [6.07, 6.45) is 0.677. The molecule has 0 aliphatic heterocycles. The van der Waals surface area contributed by atoms with Crippen LogP contribution in [0.3, 0.4) is 0 Å². The number of nitriles is 1. The molecule has 1 N–H and O–H groups in total. The van der Waals surface area contributed by atoms with E-state index in [4.69, 9.17) is 5.26 Å². The van der Waals surface area contributed by atoms with Gasteiger partial charge in [0.25, 0.3) is 0 Å². The Bertz CT molecular complexity index is 699. The highest BCUT2D eigenvalue weighted by Crippen LogP contribution is 2.24. The minimum absolute atomic E-state index is 0.173. The van der Waals surface area contributed by atoms with Crippen molar-refractivity contribution in [2.75, 3.05) is 0 Å². The van der Waals surface area contributed by atoms with E-state index in [-0.39, 0.29) is 10.9 Å². The summed E-state index contributed by atoms with van der Waals surface area (Å²) in [5.74, 6) is 0. The number of nitrogens with zero attached hydrogens (tertiary/aromatic N) is 1. The maximum absolute atomic E-state index is 12.3. The van der Waals surface area contributed by atoms with Crippen LogP contribution in [0.15, 0.2) is 46.7 Å². The van der Waals surface area contributed by atoms with Crippen molar-refractivity contribution in [3.63, 3.8) is 0 Å². The molecule has 0 fully saturated rings. The van der Waals surface area contributed by atoms with Crippen LogP contribution in [0.5, 0.6) is 0 Å². The fourth-order valence-corrected chi connectivity index (χ4v) is 4.03. The molecule has 1 aromatic carbocycles. The smallest absolute Gasteiger partial charge is 0.207 e. The Kier molecular flexibility index (Phi) is 4.55. The van der Waals surface area contributed by atoms with Crippen LogP contribution < -0.4 is 4.72 Å². The Morgan fingerprint density at radius 2 is 2.00 bits per heavy atom. The van der Waals surface area contributed by atoms with Crippen LogP contribution in [-0.2, 0) is 10.0 Å². The number of benzene rings is 1. The number of hydrogen-bond acceptors (Lipinski definition) is 4. The molecule has 1 aromatic heterocycles. The molecular formula is C14H14N2O2S2. The van der Waals surface area contributed by atoms with Crippen LogP contribution in [0, 0.1) is 11.3 Å². The van der Waals surface area contributed by atoms with E-state index in [0.717, 1.165) is 4.88 Å². The van der Waals surface area contributed by atoms with E-state index >= 15 is 0 Å². The van der Waals surface area contributed by atoms with E-state index in [9.17, 15) is 8.42 Å². The van der Waals surface area contributed by atoms with Crippen LogP contribution in [0.4, 0.5) is 0 Å². The molecule has 0 saturated heterocycles. The molecule has 1 heterocycles. The van der Waals surface area contributed by atoms with Crippen molar-refractivity contribution in [1.29, 1.82) is 5.26 Å². The SMILES string of the molecule is CCC(NS(=O)(=O)c1ccc(C#N)cc1)c1cccs1. The van der Waals surface area contributed by atoms with Gasteiger partial charge in [0.1, 0.15) is 0 Å². The highest BCUT2D eigenvalue weighted by Gasteiger charge is 2.20. The first kappa shape index (κ1) is 14.7. The maximum atomic E-state index is 12.3. The van der Waals surface area contributed by atoms with Gasteiger partial charge in [-0.1, -0.05) is 13.0 Å². The molecule has 0 spiro atoms. The maximum Gasteiger partial charge on any atom is 0.241 e. The van der Waals surface area contributed by atoms with Crippen LogP contribution >= 0.6 is 11.3 Å². The molecule has 6 heteroatoms. The normalized spacial score (nSPS) is 12.8. The predicted molar refractivity (Wildman–Crippen MR) is 78.8 cm³/mol. The molecule has 0 amide bonds. The molecule has 1 atom stereocenters. The van der Waals surface area contributed by atoms with Crippen LogP contribution in [0.1, 0.15) is 29.8 Å². The van der Waals surface area contributed by atoms with Gasteiger partial charge in [0, 0.05) is 4.88 Å². The van der Waals surface area contributed by atoms with E-state index in [1.165, 1.54) is 35.6 Å². The second kappa shape index (κ2) is 6.18. The standard InChI is InChI=1S/C14H14N2O2S2/c1-2-13(14-4-3-9-19-14)16-20(17,18)12-7-5-11(10-15)6-8-12/h3-9,13,16H,2H2,1H3. The van der Waals surface area contributed by atoms with E-state index < -0.39 is 10.0 Å². The van der Waals surface area contributed by atoms with Gasteiger partial charge in [-0.25, -0.2) is 13.1 Å². The lowest BCUT2D eigenvalue weighted by Gasteiger charge is -2.15. The minimum atomic E-state index is -3.58. The Hall–Kier alpha value is -1.68. The van der Waals surface area contributed by atoms with Gasteiger partial charge in [-0.15, -0.1) is 11.3 Å². The monoisotopic (exact) mass is 306 g/mol. The molecule has 2 rings (SSSR count). The number of nitrogens with one attached hydrogen (secondary N) is 1. The highest BCUT2D eigenvalue weighted by atomic mass is 32.2. The Morgan fingerprint density at radius 1 is 1.30 bits per heavy atom. The quantitative estimate of drug-likeness (QED) is 0.923. The van der Waals surface area contributed by atoms with Crippen molar-refractivity contribution >= 4 is 21.4 Å². The van der Waals surface area contributed by atoms with Gasteiger partial charge in [0.2, 0.25) is 10.0 Å². The summed E-state index contributed by atoms with van der Waals surface area (Å²) in [7, 11) is -3.58. The molecule has 0 aliphatic rings. The Labute approximate surface area is 122 Å². The van der Waals surface area contributed by atoms with Gasteiger partial charge in [-0.2, -0.15) is 5.26 Å². The summed E-state index contributed by atoms with van der Waals surface area (Å²) in [5, 5.41) is 10.7. The van der Waals surface area contributed by atoms with Gasteiger partial charge < -0.3 is 0 Å². The summed E-state index contributed by atoms with van der Waals surface area (Å²) >= 11 is 1.53. The molecule has 0 aliphatic carbocycles. The molecular weight excluding hydrogens is 292 g/mol. The van der Waals surface area contributed by atoms with E-state index in [1.807, 2.05) is 30.5 Å². The van der Waals surface area contributed by atoms with Crippen molar-refractivity contribution in [3.05, 3.63) is 52.2 Å². The fraction of sp³-hybridized carbons (Fsp3) is 0.214. The third kappa shape index (κ3) is 3.25. The van der Waals surface area contributed by atoms with Gasteiger partial charge >= 0.3 is 0 Å². The van der Waals surface area contributed by atoms with Crippen molar-refractivity contribution in [2.24, 2.45) is 0 Å². The van der Waals surface area contributed by atoms with Crippen molar-refractivity contribution in [2.45, 2.75) is 24.3 Å². The third-order valence-electron chi connectivity index (χ3n) is 2.89. The van der Waals surface area contributed by atoms with Gasteiger partial charge in [0.05, 0.1) is 22.6 Å². The molecule has 0 saturated carbocycles. The average molecular weight is 306 g/mol. The summed E-state index contributed by atoms with van der Waals surface area (Å²) in [6, 6.07) is 11.5. The summed E-state index contributed by atoms with van der Waals surface area (Å²) in [6.45, 7) is 1.94. The number of hydrogen-bond donors (Lipinski definition) is 1. The van der Waals surface area contributed by atoms with E-state index in [2.05, 4.69) is 4.72 Å². The average Bonchev–Trinajstić information content (AvgIpc) is 2.99. The van der Waals surface area contributed by atoms with Crippen molar-refractivity contribution in [3.8, 4) is 6.07 Å². The topological polar surface area (TPSA) is 70.0 Å². The predicted octanol–water partition coefficient (Wildman–Crippen LogP) is 3.05. The van der Waals surface area contributed by atoms with Crippen molar-refractivity contribution < 1.29 is 8.42 Å².